The summed E-state index contributed by atoms with van der Waals surface area (Å²) in [5.74, 6) is 1.39. The monoisotopic (exact) mass is 203 g/mol. The Bertz CT molecular complexity index is 496. The summed E-state index contributed by atoms with van der Waals surface area (Å²) in [6.45, 7) is 2.10. The Balaban J connectivity index is 2.62. The number of nitrogens with zero attached hydrogens (tertiary/aromatic N) is 2. The van der Waals surface area contributed by atoms with E-state index in [1.807, 2.05) is 24.3 Å². The zero-order valence-electron chi connectivity index (χ0n) is 7.74. The molecule has 0 aliphatic carbocycles. The Morgan fingerprint density at radius 3 is 3.14 bits per heavy atom. The number of nitriles is 1. The molecule has 1 aromatic carbocycles. The van der Waals surface area contributed by atoms with Crippen LogP contribution >= 0.6 is 11.8 Å². The first-order valence-corrected chi connectivity index (χ1v) is 5.35. The van der Waals surface area contributed by atoms with Gasteiger partial charge in [-0.05, 0) is 17.9 Å². The van der Waals surface area contributed by atoms with Gasteiger partial charge in [0, 0.05) is 4.90 Å². The highest BCUT2D eigenvalue weighted by molar-refractivity contribution is 7.99. The Hall–Kier alpha value is -1.47. The molecule has 2 rings (SSSR count). The second-order valence-corrected chi connectivity index (χ2v) is 4.09. The van der Waals surface area contributed by atoms with Crippen LogP contribution < -0.4 is 0 Å². The van der Waals surface area contributed by atoms with Crippen molar-refractivity contribution in [1.29, 1.82) is 5.26 Å². The van der Waals surface area contributed by atoms with Crippen LogP contribution in [-0.4, -0.2) is 15.7 Å². The van der Waals surface area contributed by atoms with Crippen molar-refractivity contribution < 1.29 is 0 Å². The number of rotatable bonds is 2. The first-order chi connectivity index (χ1) is 6.85. The molecule has 0 amide bonds. The second-order valence-electron chi connectivity index (χ2n) is 2.78. The van der Waals surface area contributed by atoms with Crippen molar-refractivity contribution in [3.63, 3.8) is 0 Å². The predicted octanol–water partition coefficient (Wildman–Crippen LogP) is 2.55. The van der Waals surface area contributed by atoms with Crippen LogP contribution in [0.3, 0.4) is 0 Å². The lowest BCUT2D eigenvalue weighted by Crippen LogP contribution is -1.76. The van der Waals surface area contributed by atoms with Gasteiger partial charge in [0.05, 0.1) is 5.52 Å². The summed E-state index contributed by atoms with van der Waals surface area (Å²) < 4.78 is 0. The highest BCUT2D eigenvalue weighted by Crippen LogP contribution is 2.25. The quantitative estimate of drug-likeness (QED) is 0.763. The van der Waals surface area contributed by atoms with E-state index in [2.05, 4.69) is 16.9 Å². The molecule has 0 aliphatic rings. The highest BCUT2D eigenvalue weighted by atomic mass is 32.2. The number of hydrogen-bond acceptors (Lipinski definition) is 3. The van der Waals surface area contributed by atoms with E-state index in [1.54, 1.807) is 11.8 Å². The summed E-state index contributed by atoms with van der Waals surface area (Å²) in [4.78, 5) is 8.30. The molecule has 0 aliphatic heterocycles. The number of aromatic amines is 1. The Morgan fingerprint density at radius 2 is 2.43 bits per heavy atom. The number of imidazole rings is 1. The van der Waals surface area contributed by atoms with Crippen molar-refractivity contribution in [2.24, 2.45) is 0 Å². The smallest absolute Gasteiger partial charge is 0.211 e. The molecule has 70 valence electrons. The average molecular weight is 203 g/mol. The summed E-state index contributed by atoms with van der Waals surface area (Å²) in [6.07, 6.45) is 0. The van der Waals surface area contributed by atoms with Gasteiger partial charge in [-0.1, -0.05) is 13.0 Å². The third-order valence-electron chi connectivity index (χ3n) is 1.88. The van der Waals surface area contributed by atoms with Crippen LogP contribution in [0.5, 0.6) is 0 Å². The van der Waals surface area contributed by atoms with Gasteiger partial charge in [0.25, 0.3) is 0 Å². The molecule has 0 atom stereocenters. The van der Waals surface area contributed by atoms with E-state index in [-0.39, 0.29) is 0 Å². The third kappa shape index (κ3) is 1.47. The molecule has 1 aromatic heterocycles. The summed E-state index contributed by atoms with van der Waals surface area (Å²) in [5, 5.41) is 8.71. The molecular weight excluding hydrogens is 194 g/mol. The van der Waals surface area contributed by atoms with E-state index in [0.717, 1.165) is 21.7 Å². The summed E-state index contributed by atoms with van der Waals surface area (Å²) in [6, 6.07) is 7.94. The Kier molecular flexibility index (Phi) is 2.42. The molecule has 4 heteroatoms. The number of H-pyrrole nitrogens is 1. The Morgan fingerprint density at radius 1 is 1.57 bits per heavy atom. The van der Waals surface area contributed by atoms with Crippen molar-refractivity contribution in [2.45, 2.75) is 11.8 Å². The van der Waals surface area contributed by atoms with Crippen molar-refractivity contribution >= 4 is 22.8 Å². The maximum absolute atomic E-state index is 8.71. The van der Waals surface area contributed by atoms with Gasteiger partial charge in [0.15, 0.2) is 0 Å². The maximum Gasteiger partial charge on any atom is 0.211 e. The molecule has 0 bridgehead atoms. The normalized spacial score (nSPS) is 10.3. The van der Waals surface area contributed by atoms with Crippen LogP contribution in [0.15, 0.2) is 23.1 Å². The van der Waals surface area contributed by atoms with Crippen molar-refractivity contribution in [2.75, 3.05) is 5.75 Å². The SMILES string of the molecule is CCSc1cccc2[nH]c(C#N)nc12. The lowest BCUT2D eigenvalue weighted by Gasteiger charge is -1.97. The minimum Gasteiger partial charge on any atom is -0.329 e. The minimum absolute atomic E-state index is 0.379. The largest absolute Gasteiger partial charge is 0.329 e. The molecule has 2 aromatic rings. The van der Waals surface area contributed by atoms with Crippen LogP contribution in [0.1, 0.15) is 12.7 Å². The van der Waals surface area contributed by atoms with Gasteiger partial charge in [0.2, 0.25) is 5.82 Å². The fraction of sp³-hybridized carbons (Fsp3) is 0.200. The van der Waals surface area contributed by atoms with Crippen LogP contribution in [0.25, 0.3) is 11.0 Å². The third-order valence-corrected chi connectivity index (χ3v) is 2.81. The van der Waals surface area contributed by atoms with Gasteiger partial charge in [-0.15, -0.1) is 11.8 Å². The zero-order valence-corrected chi connectivity index (χ0v) is 8.56. The number of hydrogen-bond donors (Lipinski definition) is 1. The number of benzene rings is 1. The lowest BCUT2D eigenvalue weighted by molar-refractivity contribution is 1.24. The molecule has 0 saturated heterocycles. The number of fused-ring (bicyclic) bond motifs is 1. The van der Waals surface area contributed by atoms with Crippen molar-refractivity contribution in [3.8, 4) is 6.07 Å². The van der Waals surface area contributed by atoms with Gasteiger partial charge in [-0.25, -0.2) is 4.98 Å². The zero-order chi connectivity index (χ0) is 9.97. The number of nitrogens with one attached hydrogen (secondary N) is 1. The molecule has 0 saturated carbocycles. The summed E-state index contributed by atoms with van der Waals surface area (Å²) in [7, 11) is 0. The molecule has 0 fully saturated rings. The molecule has 3 nitrogen and oxygen atoms in total. The molecule has 0 spiro atoms. The molecule has 0 radical (unpaired) electrons. The first kappa shape index (κ1) is 9.10. The van der Waals surface area contributed by atoms with Crippen LogP contribution in [0.4, 0.5) is 0 Å². The number of thioether (sulfide) groups is 1. The van der Waals surface area contributed by atoms with Gasteiger partial charge in [0.1, 0.15) is 11.6 Å². The molecule has 0 unspecified atom stereocenters. The van der Waals surface area contributed by atoms with E-state index in [4.69, 9.17) is 5.26 Å². The van der Waals surface area contributed by atoms with Gasteiger partial charge in [-0.2, -0.15) is 5.26 Å². The summed E-state index contributed by atoms with van der Waals surface area (Å²) >= 11 is 1.74. The summed E-state index contributed by atoms with van der Waals surface area (Å²) in [5.41, 5.74) is 1.83. The van der Waals surface area contributed by atoms with Gasteiger partial charge < -0.3 is 4.98 Å². The topological polar surface area (TPSA) is 52.5 Å². The van der Waals surface area contributed by atoms with E-state index in [0.29, 0.717) is 5.82 Å². The maximum atomic E-state index is 8.71. The fourth-order valence-corrected chi connectivity index (χ4v) is 2.11. The van der Waals surface area contributed by atoms with Crippen LogP contribution in [0, 0.1) is 11.3 Å². The first-order valence-electron chi connectivity index (χ1n) is 4.36. The van der Waals surface area contributed by atoms with E-state index in [1.165, 1.54) is 0 Å². The number of para-hydroxylation sites is 1. The van der Waals surface area contributed by atoms with Crippen molar-refractivity contribution in [1.82, 2.24) is 9.97 Å². The van der Waals surface area contributed by atoms with E-state index in [9.17, 15) is 0 Å². The lowest BCUT2D eigenvalue weighted by atomic mass is 10.3. The molecule has 14 heavy (non-hydrogen) atoms. The molecular formula is C10H9N3S. The van der Waals surface area contributed by atoms with Gasteiger partial charge >= 0.3 is 0 Å². The highest BCUT2D eigenvalue weighted by Gasteiger charge is 2.05. The van der Waals surface area contributed by atoms with Crippen molar-refractivity contribution in [3.05, 3.63) is 24.0 Å². The minimum atomic E-state index is 0.379. The molecule has 1 heterocycles. The van der Waals surface area contributed by atoms with E-state index >= 15 is 0 Å². The molecule has 1 N–H and O–H groups in total. The van der Waals surface area contributed by atoms with Crippen LogP contribution in [-0.2, 0) is 0 Å². The standard InChI is InChI=1S/C10H9N3S/c1-2-14-8-5-3-4-7-10(8)13-9(6-11)12-7/h3-5H,2H2,1H3,(H,12,13). The second kappa shape index (κ2) is 3.72. The van der Waals surface area contributed by atoms with Gasteiger partial charge in [-0.3, -0.25) is 0 Å². The fourth-order valence-electron chi connectivity index (χ4n) is 1.33. The number of aromatic nitrogens is 2. The van der Waals surface area contributed by atoms with E-state index < -0.39 is 0 Å². The van der Waals surface area contributed by atoms with Crippen LogP contribution in [0.2, 0.25) is 0 Å². The predicted molar refractivity (Wildman–Crippen MR) is 57.2 cm³/mol. The average Bonchev–Trinajstić information content (AvgIpc) is 2.62. The Labute approximate surface area is 86.2 Å².